The van der Waals surface area contributed by atoms with Gasteiger partial charge < -0.3 is 15.1 Å². The zero-order valence-corrected chi connectivity index (χ0v) is 16.0. The zero-order valence-electron chi connectivity index (χ0n) is 16.0. The third-order valence-electron chi connectivity index (χ3n) is 6.19. The van der Waals surface area contributed by atoms with Gasteiger partial charge in [0, 0.05) is 11.3 Å². The van der Waals surface area contributed by atoms with E-state index in [4.69, 9.17) is 0 Å². The van der Waals surface area contributed by atoms with Gasteiger partial charge in [0.15, 0.2) is 12.5 Å². The number of Topliss-reactive ketones (excluding diaryl/α,β-unsaturated/α-hetero) is 1. The van der Waals surface area contributed by atoms with Crippen LogP contribution in [0.25, 0.3) is 0 Å². The number of carbonyl (C=O) groups excluding carboxylic acids is 3. The summed E-state index contributed by atoms with van der Waals surface area (Å²) in [6, 6.07) is 7.45. The molecule has 3 aliphatic rings. The minimum absolute atomic E-state index is 0.0650. The molecule has 7 heteroatoms. The summed E-state index contributed by atoms with van der Waals surface area (Å²) < 4.78 is 0. The summed E-state index contributed by atoms with van der Waals surface area (Å²) >= 11 is 0. The number of nitrogens with zero attached hydrogens (tertiary/aromatic N) is 2. The van der Waals surface area contributed by atoms with Gasteiger partial charge in [-0.1, -0.05) is 0 Å². The minimum Gasteiger partial charge on any atom is -0.360 e. The van der Waals surface area contributed by atoms with Crippen molar-refractivity contribution in [3.63, 3.8) is 0 Å². The van der Waals surface area contributed by atoms with E-state index in [9.17, 15) is 14.4 Å². The molecule has 0 bridgehead atoms. The highest BCUT2D eigenvalue weighted by molar-refractivity contribution is 6.07. The Morgan fingerprint density at radius 1 is 1.19 bits per heavy atom. The molecule has 2 heterocycles. The maximum absolute atomic E-state index is 12.8. The molecular formula is C20H27N4O3+. The molecule has 2 aliphatic heterocycles. The Hall–Kier alpha value is -2.41. The lowest BCUT2D eigenvalue weighted by Crippen LogP contribution is -3.16. The third kappa shape index (κ3) is 3.32. The number of hydrogen-bond acceptors (Lipinski definition) is 4. The summed E-state index contributed by atoms with van der Waals surface area (Å²) in [4.78, 5) is 41.4. The van der Waals surface area contributed by atoms with Crippen LogP contribution in [0, 0.1) is 5.92 Å². The van der Waals surface area contributed by atoms with Gasteiger partial charge in [0.1, 0.15) is 5.54 Å². The van der Waals surface area contributed by atoms with E-state index in [1.165, 1.54) is 9.80 Å². The molecule has 27 heavy (non-hydrogen) atoms. The molecule has 1 aliphatic carbocycles. The van der Waals surface area contributed by atoms with E-state index in [1.54, 1.807) is 6.92 Å². The number of carbonyl (C=O) groups is 3. The zero-order chi connectivity index (χ0) is 19.2. The Labute approximate surface area is 159 Å². The quantitative estimate of drug-likeness (QED) is 0.576. The fourth-order valence-corrected chi connectivity index (χ4v) is 4.17. The Balaban J connectivity index is 1.34. The predicted molar refractivity (Wildman–Crippen MR) is 101 cm³/mol. The summed E-state index contributed by atoms with van der Waals surface area (Å²) in [7, 11) is 0. The van der Waals surface area contributed by atoms with Crippen LogP contribution in [0.3, 0.4) is 0 Å². The lowest BCUT2D eigenvalue weighted by atomic mass is 9.96. The molecule has 0 unspecified atom stereocenters. The van der Waals surface area contributed by atoms with Gasteiger partial charge in [-0.15, -0.1) is 0 Å². The second-order valence-electron chi connectivity index (χ2n) is 8.14. The van der Waals surface area contributed by atoms with E-state index in [0.29, 0.717) is 12.6 Å². The maximum atomic E-state index is 12.8. The van der Waals surface area contributed by atoms with E-state index >= 15 is 0 Å². The first-order valence-electron chi connectivity index (χ1n) is 9.72. The first-order chi connectivity index (χ1) is 12.9. The van der Waals surface area contributed by atoms with Crippen LogP contribution >= 0.6 is 0 Å². The Bertz CT molecular complexity index is 766. The van der Waals surface area contributed by atoms with Crippen molar-refractivity contribution in [2.24, 2.45) is 5.92 Å². The predicted octanol–water partition coefficient (Wildman–Crippen LogP) is 0.272. The second-order valence-corrected chi connectivity index (χ2v) is 8.14. The van der Waals surface area contributed by atoms with E-state index in [0.717, 1.165) is 50.3 Å². The number of quaternary nitrogens is 1. The van der Waals surface area contributed by atoms with E-state index in [-0.39, 0.29) is 17.7 Å². The van der Waals surface area contributed by atoms with Crippen LogP contribution in [0.15, 0.2) is 24.3 Å². The number of nitrogens with one attached hydrogen (secondary N) is 2. The van der Waals surface area contributed by atoms with E-state index in [1.807, 2.05) is 31.2 Å². The SMILES string of the molecule is CC(=O)c1ccc(N2CC[NH+](CN3C(=O)N[C@@](C)(C4CC4)C3=O)CC2)cc1. The Morgan fingerprint density at radius 3 is 2.37 bits per heavy atom. The van der Waals surface area contributed by atoms with Gasteiger partial charge in [0.25, 0.3) is 5.91 Å². The molecule has 1 atom stereocenters. The van der Waals surface area contributed by atoms with Crippen LogP contribution in [0.4, 0.5) is 10.5 Å². The van der Waals surface area contributed by atoms with Gasteiger partial charge in [0.2, 0.25) is 0 Å². The van der Waals surface area contributed by atoms with Crippen LogP contribution in [-0.2, 0) is 4.79 Å². The van der Waals surface area contributed by atoms with Gasteiger partial charge in [-0.3, -0.25) is 9.59 Å². The van der Waals surface area contributed by atoms with Crippen molar-refractivity contribution < 1.29 is 19.3 Å². The van der Waals surface area contributed by atoms with Gasteiger partial charge in [0.05, 0.1) is 26.2 Å². The maximum Gasteiger partial charge on any atom is 0.329 e. The molecule has 144 valence electrons. The third-order valence-corrected chi connectivity index (χ3v) is 6.19. The topological polar surface area (TPSA) is 74.2 Å². The second kappa shape index (κ2) is 6.64. The number of urea groups is 1. The standard InChI is InChI=1S/C20H26N4O3/c1-14(25)15-3-7-17(8-4-15)23-11-9-22(10-12-23)13-24-18(26)20(2,16-5-6-16)21-19(24)27/h3-4,7-8,16H,5-6,9-13H2,1-2H3,(H,21,27)/p+1/t20-/m0/s1. The van der Waals surface area contributed by atoms with Crippen molar-refractivity contribution in [1.82, 2.24) is 10.2 Å². The van der Waals surface area contributed by atoms with Crippen LogP contribution < -0.4 is 15.1 Å². The number of amides is 3. The van der Waals surface area contributed by atoms with Crippen molar-refractivity contribution in [3.8, 4) is 0 Å². The Morgan fingerprint density at radius 2 is 1.81 bits per heavy atom. The van der Waals surface area contributed by atoms with Gasteiger partial charge in [-0.25, -0.2) is 9.69 Å². The fraction of sp³-hybridized carbons (Fsp3) is 0.550. The molecule has 7 nitrogen and oxygen atoms in total. The molecular weight excluding hydrogens is 344 g/mol. The molecule has 0 radical (unpaired) electrons. The first kappa shape index (κ1) is 18.0. The molecule has 2 saturated heterocycles. The monoisotopic (exact) mass is 371 g/mol. The average molecular weight is 371 g/mol. The first-order valence-corrected chi connectivity index (χ1v) is 9.72. The number of ketones is 1. The lowest BCUT2D eigenvalue weighted by Gasteiger charge is -2.34. The fourth-order valence-electron chi connectivity index (χ4n) is 4.17. The van der Waals surface area contributed by atoms with Gasteiger partial charge in [-0.05, 0) is 56.9 Å². The van der Waals surface area contributed by atoms with E-state index in [2.05, 4.69) is 10.2 Å². The molecule has 3 amide bonds. The summed E-state index contributed by atoms with van der Waals surface area (Å²) in [5.74, 6) is 0.302. The normalized spacial score (nSPS) is 26.4. The number of piperazine rings is 1. The Kier molecular flexibility index (Phi) is 4.42. The van der Waals surface area contributed by atoms with Crippen molar-refractivity contribution in [3.05, 3.63) is 29.8 Å². The number of benzene rings is 1. The smallest absolute Gasteiger partial charge is 0.329 e. The van der Waals surface area contributed by atoms with Crippen molar-refractivity contribution in [2.45, 2.75) is 32.2 Å². The van der Waals surface area contributed by atoms with E-state index < -0.39 is 5.54 Å². The highest BCUT2D eigenvalue weighted by Gasteiger charge is 2.56. The molecule has 0 spiro atoms. The van der Waals surface area contributed by atoms with Crippen molar-refractivity contribution in [1.29, 1.82) is 0 Å². The van der Waals surface area contributed by atoms with Crippen molar-refractivity contribution >= 4 is 23.4 Å². The number of hydrogen-bond donors (Lipinski definition) is 2. The summed E-state index contributed by atoms with van der Waals surface area (Å²) in [6.07, 6.45) is 2.04. The summed E-state index contributed by atoms with van der Waals surface area (Å²) in [6.45, 7) is 7.32. The lowest BCUT2D eigenvalue weighted by molar-refractivity contribution is -0.907. The van der Waals surface area contributed by atoms with Crippen molar-refractivity contribution in [2.75, 3.05) is 37.7 Å². The molecule has 2 N–H and O–H groups in total. The molecule has 1 aromatic carbocycles. The summed E-state index contributed by atoms with van der Waals surface area (Å²) in [5, 5.41) is 2.92. The molecule has 1 saturated carbocycles. The average Bonchev–Trinajstić information content (AvgIpc) is 3.48. The van der Waals surface area contributed by atoms with Crippen LogP contribution in [-0.4, -0.2) is 61.0 Å². The van der Waals surface area contributed by atoms with Gasteiger partial charge >= 0.3 is 6.03 Å². The number of imide groups is 1. The molecule has 4 rings (SSSR count). The molecule has 0 aromatic heterocycles. The van der Waals surface area contributed by atoms with Gasteiger partial charge in [-0.2, -0.15) is 0 Å². The summed E-state index contributed by atoms with van der Waals surface area (Å²) in [5.41, 5.74) is 1.13. The minimum atomic E-state index is -0.698. The van der Waals surface area contributed by atoms with Crippen LogP contribution in [0.1, 0.15) is 37.0 Å². The number of anilines is 1. The largest absolute Gasteiger partial charge is 0.360 e. The van der Waals surface area contributed by atoms with Crippen LogP contribution in [0.2, 0.25) is 0 Å². The highest BCUT2D eigenvalue weighted by atomic mass is 16.2. The molecule has 3 fully saturated rings. The highest BCUT2D eigenvalue weighted by Crippen LogP contribution is 2.42. The molecule has 1 aromatic rings. The number of rotatable bonds is 5. The van der Waals surface area contributed by atoms with Crippen LogP contribution in [0.5, 0.6) is 0 Å².